The van der Waals surface area contributed by atoms with Crippen molar-refractivity contribution in [2.24, 2.45) is 0 Å². The summed E-state index contributed by atoms with van der Waals surface area (Å²) >= 11 is 0. The van der Waals surface area contributed by atoms with E-state index in [1.54, 1.807) is 17.7 Å². The van der Waals surface area contributed by atoms with Gasteiger partial charge in [-0.1, -0.05) is 6.92 Å². The van der Waals surface area contributed by atoms with Gasteiger partial charge in [-0.2, -0.15) is 0 Å². The largest absolute Gasteiger partial charge is 0.390 e. The number of aryl methyl sites for hydroxylation is 1. The number of hydrogen-bond acceptors (Lipinski definition) is 6. The summed E-state index contributed by atoms with van der Waals surface area (Å²) in [4.78, 5) is 8.33. The number of aromatic nitrogens is 3. The number of fused-ring (bicyclic) bond motifs is 1. The first-order chi connectivity index (χ1) is 10.0. The molecule has 7 heteroatoms. The monoisotopic (exact) mass is 293 g/mol. The highest BCUT2D eigenvalue weighted by atomic mass is 16.6. The predicted octanol–water partition coefficient (Wildman–Crippen LogP) is 0.130. The number of ether oxygens (including phenoxy) is 1. The summed E-state index contributed by atoms with van der Waals surface area (Å²) in [5.41, 5.74) is 1.46. The Morgan fingerprint density at radius 1 is 1.33 bits per heavy atom. The molecule has 0 aliphatic carbocycles. The molecule has 1 aliphatic heterocycles. The van der Waals surface area contributed by atoms with E-state index in [4.69, 9.17) is 4.74 Å². The van der Waals surface area contributed by atoms with Crippen molar-refractivity contribution in [1.82, 2.24) is 14.5 Å². The quantitative estimate of drug-likeness (QED) is 0.743. The summed E-state index contributed by atoms with van der Waals surface area (Å²) in [7, 11) is 0. The number of hydrogen-bond donors (Lipinski definition) is 3. The molecule has 0 saturated carbocycles. The first kappa shape index (κ1) is 14.4. The third kappa shape index (κ3) is 2.22. The van der Waals surface area contributed by atoms with Crippen molar-refractivity contribution in [2.45, 2.75) is 50.9 Å². The van der Waals surface area contributed by atoms with Gasteiger partial charge >= 0.3 is 0 Å². The Morgan fingerprint density at radius 3 is 2.81 bits per heavy atom. The summed E-state index contributed by atoms with van der Waals surface area (Å²) < 4.78 is 7.35. The summed E-state index contributed by atoms with van der Waals surface area (Å²) in [5.74, 6) is 0. The Kier molecular flexibility index (Phi) is 3.66. The Labute approximate surface area is 121 Å². The zero-order chi connectivity index (χ0) is 15.1. The van der Waals surface area contributed by atoms with Crippen molar-refractivity contribution >= 4 is 11.0 Å². The van der Waals surface area contributed by atoms with Gasteiger partial charge in [0.2, 0.25) is 0 Å². The third-order valence-corrected chi connectivity index (χ3v) is 4.06. The number of aliphatic hydroxyl groups is 3. The normalized spacial score (nSPS) is 30.9. The van der Waals surface area contributed by atoms with E-state index < -0.39 is 30.6 Å². The molecule has 0 amide bonds. The smallest absolute Gasteiger partial charge is 0.164 e. The van der Waals surface area contributed by atoms with Crippen LogP contribution in [0.1, 0.15) is 25.3 Å². The Bertz CT molecular complexity index is 644. The van der Waals surface area contributed by atoms with Crippen molar-refractivity contribution in [3.63, 3.8) is 0 Å². The lowest BCUT2D eigenvalue weighted by atomic mass is 10.0. The van der Waals surface area contributed by atoms with Crippen LogP contribution in [0.15, 0.2) is 18.6 Å². The van der Waals surface area contributed by atoms with E-state index in [1.807, 2.05) is 13.0 Å². The number of nitrogens with zero attached hydrogens (tertiary/aromatic N) is 3. The van der Waals surface area contributed by atoms with Crippen LogP contribution in [0.25, 0.3) is 11.0 Å². The molecule has 3 N–H and O–H groups in total. The van der Waals surface area contributed by atoms with Gasteiger partial charge in [0.1, 0.15) is 30.3 Å². The molecular weight excluding hydrogens is 274 g/mol. The van der Waals surface area contributed by atoms with Crippen LogP contribution < -0.4 is 0 Å². The topological polar surface area (TPSA) is 101 Å². The average molecular weight is 293 g/mol. The fraction of sp³-hybridized carbons (Fsp3) is 0.571. The van der Waals surface area contributed by atoms with E-state index in [0.29, 0.717) is 12.1 Å². The Hall–Kier alpha value is -1.54. The molecule has 0 radical (unpaired) electrons. The minimum atomic E-state index is -1.13. The maximum Gasteiger partial charge on any atom is 0.164 e. The molecule has 0 spiro atoms. The first-order valence-electron chi connectivity index (χ1n) is 7.02. The van der Waals surface area contributed by atoms with E-state index >= 15 is 0 Å². The molecule has 1 saturated heterocycles. The second-order valence-electron chi connectivity index (χ2n) is 5.37. The van der Waals surface area contributed by atoms with Gasteiger partial charge in [0.05, 0.1) is 11.8 Å². The fourth-order valence-corrected chi connectivity index (χ4v) is 2.77. The van der Waals surface area contributed by atoms with Gasteiger partial charge in [0.15, 0.2) is 6.23 Å². The van der Waals surface area contributed by atoms with Crippen LogP contribution in [0.4, 0.5) is 0 Å². The maximum absolute atomic E-state index is 10.2. The standard InChI is InChI=1S/C14H19N3O4/c1-3-9(18)12-10(19)11(20)14(21-12)17-5-4-8-7(2)15-6-16-13(8)17/h4-6,9-12,14,18-20H,3H2,1-2H3/t9-,10+,11-,12-,14-/m1/s1. The third-order valence-electron chi connectivity index (χ3n) is 4.06. The molecule has 1 aliphatic rings. The van der Waals surface area contributed by atoms with E-state index in [1.165, 1.54) is 6.33 Å². The van der Waals surface area contributed by atoms with Crippen molar-refractivity contribution in [2.75, 3.05) is 0 Å². The molecule has 114 valence electrons. The molecule has 3 rings (SSSR count). The van der Waals surface area contributed by atoms with Crippen LogP contribution in [0.3, 0.4) is 0 Å². The predicted molar refractivity (Wildman–Crippen MR) is 74.5 cm³/mol. The molecule has 21 heavy (non-hydrogen) atoms. The molecule has 3 heterocycles. The van der Waals surface area contributed by atoms with Crippen molar-refractivity contribution in [3.05, 3.63) is 24.3 Å². The molecular formula is C14H19N3O4. The van der Waals surface area contributed by atoms with Gasteiger partial charge in [0, 0.05) is 11.6 Å². The second-order valence-corrected chi connectivity index (χ2v) is 5.37. The van der Waals surface area contributed by atoms with Crippen LogP contribution in [-0.2, 0) is 4.74 Å². The zero-order valence-corrected chi connectivity index (χ0v) is 11.9. The summed E-state index contributed by atoms with van der Waals surface area (Å²) in [6.07, 6.45) is -1.04. The molecule has 0 bridgehead atoms. The molecule has 2 aromatic rings. The Morgan fingerprint density at radius 2 is 2.10 bits per heavy atom. The summed E-state index contributed by atoms with van der Waals surface area (Å²) in [6, 6.07) is 1.84. The van der Waals surface area contributed by atoms with E-state index in [9.17, 15) is 15.3 Å². The molecule has 7 nitrogen and oxygen atoms in total. The lowest BCUT2D eigenvalue weighted by Crippen LogP contribution is -2.38. The fourth-order valence-electron chi connectivity index (χ4n) is 2.77. The molecule has 1 fully saturated rings. The zero-order valence-electron chi connectivity index (χ0n) is 11.9. The minimum Gasteiger partial charge on any atom is -0.390 e. The van der Waals surface area contributed by atoms with Crippen molar-refractivity contribution < 1.29 is 20.1 Å². The van der Waals surface area contributed by atoms with Crippen LogP contribution in [0, 0.1) is 6.92 Å². The highest BCUT2D eigenvalue weighted by Gasteiger charge is 2.46. The van der Waals surface area contributed by atoms with Crippen LogP contribution >= 0.6 is 0 Å². The number of rotatable bonds is 3. The second kappa shape index (κ2) is 5.34. The van der Waals surface area contributed by atoms with Crippen molar-refractivity contribution in [1.29, 1.82) is 0 Å². The highest BCUT2D eigenvalue weighted by molar-refractivity contribution is 5.78. The summed E-state index contributed by atoms with van der Waals surface area (Å²) in [6.45, 7) is 3.67. The van der Waals surface area contributed by atoms with Gasteiger partial charge in [0.25, 0.3) is 0 Å². The van der Waals surface area contributed by atoms with Gasteiger partial charge in [-0.15, -0.1) is 0 Å². The van der Waals surface area contributed by atoms with Gasteiger partial charge < -0.3 is 24.6 Å². The maximum atomic E-state index is 10.2. The lowest BCUT2D eigenvalue weighted by molar-refractivity contribution is -0.0839. The lowest BCUT2D eigenvalue weighted by Gasteiger charge is -2.19. The Balaban J connectivity index is 1.98. The minimum absolute atomic E-state index is 0.439. The van der Waals surface area contributed by atoms with Crippen molar-refractivity contribution in [3.8, 4) is 0 Å². The average Bonchev–Trinajstić information content (AvgIpc) is 3.02. The summed E-state index contributed by atoms with van der Waals surface area (Å²) in [5, 5.41) is 31.0. The van der Waals surface area contributed by atoms with Gasteiger partial charge in [-0.05, 0) is 19.4 Å². The van der Waals surface area contributed by atoms with Crippen LogP contribution in [-0.4, -0.2) is 54.3 Å². The molecule has 2 aromatic heterocycles. The SMILES string of the molecule is CC[C@@H](O)[C@H]1O[C@@H](n2ccc3c(C)ncnc32)[C@H](O)[C@@H]1O. The number of aliphatic hydroxyl groups excluding tert-OH is 3. The van der Waals surface area contributed by atoms with Crippen LogP contribution in [0.5, 0.6) is 0 Å². The molecule has 0 aromatic carbocycles. The highest BCUT2D eigenvalue weighted by Crippen LogP contribution is 2.34. The first-order valence-corrected chi connectivity index (χ1v) is 7.02. The van der Waals surface area contributed by atoms with E-state index in [0.717, 1.165) is 11.1 Å². The van der Waals surface area contributed by atoms with Gasteiger partial charge in [-0.25, -0.2) is 9.97 Å². The van der Waals surface area contributed by atoms with Crippen LogP contribution in [0.2, 0.25) is 0 Å². The molecule has 5 atom stereocenters. The molecule has 0 unspecified atom stereocenters. The van der Waals surface area contributed by atoms with Gasteiger partial charge in [-0.3, -0.25) is 0 Å². The van der Waals surface area contributed by atoms with E-state index in [-0.39, 0.29) is 0 Å². The van der Waals surface area contributed by atoms with E-state index in [2.05, 4.69) is 9.97 Å².